The Kier molecular flexibility index (Phi) is 3.51. The fraction of sp³-hybridized carbons (Fsp3) is 0. The molecule has 0 N–H and O–H groups in total. The number of nitro benzene ring substituents is 1. The number of rotatable bonds is 3. The van der Waals surface area contributed by atoms with Crippen LogP contribution >= 0.6 is 22.3 Å². The van der Waals surface area contributed by atoms with Crippen LogP contribution < -0.4 is 0 Å². The van der Waals surface area contributed by atoms with Gasteiger partial charge in [-0.05, 0) is 6.07 Å². The highest BCUT2D eigenvalue weighted by Gasteiger charge is 2.22. The molecule has 0 heterocycles. The first-order chi connectivity index (χ1) is 7.27. The van der Waals surface area contributed by atoms with Crippen LogP contribution in [-0.4, -0.2) is 19.6 Å². The van der Waals surface area contributed by atoms with Gasteiger partial charge in [0.25, 0.3) is 14.7 Å². The summed E-state index contributed by atoms with van der Waals surface area (Å²) in [7, 11) is 0.866. The predicted octanol–water partition coefficient (Wildman–Crippen LogP) is 1.99. The predicted molar refractivity (Wildman–Crippen MR) is 56.5 cm³/mol. The van der Waals surface area contributed by atoms with Gasteiger partial charge in [0.15, 0.2) is 6.29 Å². The highest BCUT2D eigenvalue weighted by Crippen LogP contribution is 2.30. The minimum atomic E-state index is -4.14. The van der Waals surface area contributed by atoms with Crippen LogP contribution in [0.1, 0.15) is 10.4 Å². The second kappa shape index (κ2) is 4.36. The molecule has 86 valence electrons. The number of halogens is 2. The topological polar surface area (TPSA) is 94.3 Å². The summed E-state index contributed by atoms with van der Waals surface area (Å²) in [5.74, 6) is 0. The quantitative estimate of drug-likeness (QED) is 0.366. The largest absolute Gasteiger partial charge is 0.298 e. The van der Waals surface area contributed by atoms with E-state index < -0.39 is 30.1 Å². The van der Waals surface area contributed by atoms with E-state index in [0.717, 1.165) is 6.07 Å². The summed E-state index contributed by atoms with van der Waals surface area (Å²) < 4.78 is 21.9. The molecule has 1 rings (SSSR count). The molecule has 0 radical (unpaired) electrons. The third-order valence-corrected chi connectivity index (χ3v) is 3.32. The van der Waals surface area contributed by atoms with Gasteiger partial charge in [-0.15, -0.1) is 0 Å². The molecule has 0 unspecified atom stereocenters. The maximum Gasteiger partial charge on any atom is 0.282 e. The smallest absolute Gasteiger partial charge is 0.282 e. The molecule has 0 fully saturated rings. The standard InChI is InChI=1S/C7H3Cl2NO5S/c8-6-1-4(16(9,14)15)2-7(10(12)13)5(6)3-11/h1-3H. The van der Waals surface area contributed by atoms with Crippen molar-refractivity contribution in [2.45, 2.75) is 4.90 Å². The Balaban J connectivity index is 3.65. The molecule has 0 atom stereocenters. The van der Waals surface area contributed by atoms with Crippen molar-refractivity contribution in [2.75, 3.05) is 0 Å². The van der Waals surface area contributed by atoms with Crippen LogP contribution in [0.25, 0.3) is 0 Å². The van der Waals surface area contributed by atoms with Crippen LogP contribution in [0.3, 0.4) is 0 Å². The van der Waals surface area contributed by atoms with Crippen molar-refractivity contribution in [2.24, 2.45) is 0 Å². The van der Waals surface area contributed by atoms with Crippen LogP contribution in [0.2, 0.25) is 5.02 Å². The number of aldehydes is 1. The average molecular weight is 284 g/mol. The van der Waals surface area contributed by atoms with Gasteiger partial charge in [-0.3, -0.25) is 14.9 Å². The fourth-order valence-corrected chi connectivity index (χ4v) is 2.09. The van der Waals surface area contributed by atoms with Gasteiger partial charge in [-0.2, -0.15) is 0 Å². The molecule has 0 aliphatic rings. The first kappa shape index (κ1) is 12.9. The van der Waals surface area contributed by atoms with Gasteiger partial charge >= 0.3 is 0 Å². The number of nitro groups is 1. The van der Waals surface area contributed by atoms with Gasteiger partial charge in [-0.1, -0.05) is 11.6 Å². The number of benzene rings is 1. The molecular formula is C7H3Cl2NO5S. The van der Waals surface area contributed by atoms with Gasteiger partial charge in [0.1, 0.15) is 5.56 Å². The molecule has 0 saturated carbocycles. The van der Waals surface area contributed by atoms with Crippen molar-refractivity contribution >= 4 is 43.3 Å². The van der Waals surface area contributed by atoms with Crippen molar-refractivity contribution in [1.82, 2.24) is 0 Å². The minimum Gasteiger partial charge on any atom is -0.298 e. The first-order valence-corrected chi connectivity index (χ1v) is 6.34. The lowest BCUT2D eigenvalue weighted by atomic mass is 10.2. The van der Waals surface area contributed by atoms with E-state index in [-0.39, 0.29) is 11.3 Å². The highest BCUT2D eigenvalue weighted by molar-refractivity contribution is 8.13. The first-order valence-electron chi connectivity index (χ1n) is 3.65. The van der Waals surface area contributed by atoms with Crippen molar-refractivity contribution in [3.63, 3.8) is 0 Å². The number of carbonyl (C=O) groups is 1. The van der Waals surface area contributed by atoms with Crippen molar-refractivity contribution in [3.8, 4) is 0 Å². The molecule has 6 nitrogen and oxygen atoms in total. The molecule has 1 aromatic carbocycles. The Bertz CT molecular complexity index is 568. The molecular weight excluding hydrogens is 281 g/mol. The fourth-order valence-electron chi connectivity index (χ4n) is 0.988. The molecule has 0 aromatic heterocycles. The molecule has 0 bridgehead atoms. The third-order valence-electron chi connectivity index (χ3n) is 1.68. The van der Waals surface area contributed by atoms with Crippen LogP contribution in [0.4, 0.5) is 5.69 Å². The Morgan fingerprint density at radius 1 is 1.38 bits per heavy atom. The van der Waals surface area contributed by atoms with E-state index in [1.165, 1.54) is 0 Å². The third kappa shape index (κ3) is 2.49. The lowest BCUT2D eigenvalue weighted by Crippen LogP contribution is -1.99. The summed E-state index contributed by atoms with van der Waals surface area (Å²) in [6.07, 6.45) is 0.172. The van der Waals surface area contributed by atoms with Crippen LogP contribution in [0.15, 0.2) is 17.0 Å². The lowest BCUT2D eigenvalue weighted by Gasteiger charge is -2.01. The zero-order valence-electron chi connectivity index (χ0n) is 7.38. The van der Waals surface area contributed by atoms with Crippen LogP contribution in [-0.2, 0) is 9.05 Å². The molecule has 0 aliphatic heterocycles. The second-order valence-electron chi connectivity index (χ2n) is 2.65. The minimum absolute atomic E-state index is 0.172. The Labute approximate surface area is 99.3 Å². The Morgan fingerprint density at radius 3 is 2.31 bits per heavy atom. The van der Waals surface area contributed by atoms with Crippen LogP contribution in [0.5, 0.6) is 0 Å². The summed E-state index contributed by atoms with van der Waals surface area (Å²) in [5.41, 5.74) is -1.10. The average Bonchev–Trinajstić information content (AvgIpc) is 2.14. The van der Waals surface area contributed by atoms with E-state index in [9.17, 15) is 23.3 Å². The van der Waals surface area contributed by atoms with Crippen molar-refractivity contribution < 1.29 is 18.1 Å². The van der Waals surface area contributed by atoms with E-state index in [2.05, 4.69) is 0 Å². The SMILES string of the molecule is O=Cc1c(Cl)cc(S(=O)(=O)Cl)cc1[N+](=O)[O-]. The van der Waals surface area contributed by atoms with E-state index in [4.69, 9.17) is 22.3 Å². The second-order valence-corrected chi connectivity index (χ2v) is 5.62. The summed E-state index contributed by atoms with van der Waals surface area (Å²) in [6.45, 7) is 0. The summed E-state index contributed by atoms with van der Waals surface area (Å²) in [5, 5.41) is 10.2. The molecule has 9 heteroatoms. The van der Waals surface area contributed by atoms with Gasteiger partial charge < -0.3 is 0 Å². The summed E-state index contributed by atoms with van der Waals surface area (Å²) >= 11 is 5.53. The molecule has 0 amide bonds. The van der Waals surface area contributed by atoms with Gasteiger partial charge in [-0.25, -0.2) is 8.42 Å². The van der Waals surface area contributed by atoms with Gasteiger partial charge in [0.2, 0.25) is 0 Å². The van der Waals surface area contributed by atoms with Gasteiger partial charge in [0.05, 0.1) is 14.8 Å². The number of hydrogen-bond donors (Lipinski definition) is 0. The van der Waals surface area contributed by atoms with Gasteiger partial charge in [0, 0.05) is 16.7 Å². The normalized spacial score (nSPS) is 11.1. The summed E-state index contributed by atoms with van der Waals surface area (Å²) in [4.78, 5) is 19.7. The van der Waals surface area contributed by atoms with Crippen LogP contribution in [0, 0.1) is 10.1 Å². The Morgan fingerprint density at radius 2 is 1.94 bits per heavy atom. The number of nitrogens with zero attached hydrogens (tertiary/aromatic N) is 1. The lowest BCUT2D eigenvalue weighted by molar-refractivity contribution is -0.385. The number of hydrogen-bond acceptors (Lipinski definition) is 5. The molecule has 16 heavy (non-hydrogen) atoms. The zero-order chi connectivity index (χ0) is 12.5. The molecule has 1 aromatic rings. The maximum absolute atomic E-state index is 11.0. The zero-order valence-corrected chi connectivity index (χ0v) is 9.71. The highest BCUT2D eigenvalue weighted by atomic mass is 35.7. The molecule has 0 spiro atoms. The van der Waals surface area contributed by atoms with Crippen molar-refractivity contribution in [1.29, 1.82) is 0 Å². The van der Waals surface area contributed by atoms with E-state index in [1.807, 2.05) is 0 Å². The van der Waals surface area contributed by atoms with E-state index >= 15 is 0 Å². The Hall–Kier alpha value is -1.18. The molecule has 0 aliphatic carbocycles. The number of carbonyl (C=O) groups excluding carboxylic acids is 1. The van der Waals surface area contributed by atoms with E-state index in [0.29, 0.717) is 6.07 Å². The van der Waals surface area contributed by atoms with E-state index in [1.54, 1.807) is 0 Å². The summed E-state index contributed by atoms with van der Waals surface area (Å²) in [6, 6.07) is 1.55. The molecule has 0 saturated heterocycles. The maximum atomic E-state index is 11.0. The van der Waals surface area contributed by atoms with Crippen molar-refractivity contribution in [3.05, 3.63) is 32.8 Å². The monoisotopic (exact) mass is 283 g/mol.